The van der Waals surface area contributed by atoms with Gasteiger partial charge in [0.25, 0.3) is 5.91 Å². The molecule has 218 valence electrons. The van der Waals surface area contributed by atoms with Crippen molar-refractivity contribution in [1.82, 2.24) is 9.78 Å². The molecule has 1 aromatic carbocycles. The number of nitrogens with zero attached hydrogens (tertiary/aromatic N) is 3. The van der Waals surface area contributed by atoms with Crippen LogP contribution in [0, 0.1) is 5.21 Å². The van der Waals surface area contributed by atoms with Crippen LogP contribution in [0.2, 0.25) is 0 Å². The van der Waals surface area contributed by atoms with Gasteiger partial charge in [0.15, 0.2) is 34.1 Å². The Labute approximate surface area is 218 Å². The molecule has 40 heavy (non-hydrogen) atoms. The zero-order valence-corrected chi connectivity index (χ0v) is 20.8. The van der Waals surface area contributed by atoms with Gasteiger partial charge in [0.2, 0.25) is 5.60 Å². The van der Waals surface area contributed by atoms with Crippen molar-refractivity contribution >= 4 is 33.4 Å². The minimum atomic E-state index is -6.46. The number of benzene rings is 1. The first kappa shape index (κ1) is 29.4. The van der Waals surface area contributed by atoms with Crippen molar-refractivity contribution in [1.29, 1.82) is 0 Å². The second-order valence-electron chi connectivity index (χ2n) is 9.15. The highest BCUT2D eigenvalue weighted by atomic mass is 32.2. The van der Waals surface area contributed by atoms with Gasteiger partial charge in [-0.15, -0.1) is 0 Å². The number of alkyl halides is 8. The molecule has 2 aromatic rings. The number of hydroxylamine groups is 1. The molecular weight excluding hydrogens is 588 g/mol. The number of ether oxygens (including phenoxy) is 1. The SMILES string of the molecule is Cn1nc(C(F)(F)C(F)(F)F)c(C(F)(F)F)c1C(=O)Nc1ccc2c(c1)C1(C=[N+]([O-])C1)OC2C(=O)CS(C)(=O)=O. The summed E-state index contributed by atoms with van der Waals surface area (Å²) in [6, 6.07) is 3.28. The lowest BCUT2D eigenvalue weighted by Crippen LogP contribution is -2.48. The first-order valence-electron chi connectivity index (χ1n) is 10.8. The molecule has 0 bridgehead atoms. The Morgan fingerprint density at radius 1 is 1.20 bits per heavy atom. The number of aromatic nitrogens is 2. The van der Waals surface area contributed by atoms with Crippen LogP contribution in [0.1, 0.15) is 39.0 Å². The number of nitrogens with one attached hydrogen (secondary N) is 1. The van der Waals surface area contributed by atoms with Gasteiger partial charge in [0.05, 0.1) is 0 Å². The van der Waals surface area contributed by atoms with Gasteiger partial charge in [-0.3, -0.25) is 14.3 Å². The average Bonchev–Trinajstić information content (AvgIpc) is 3.28. The zero-order valence-electron chi connectivity index (χ0n) is 20.0. The number of hydrogen-bond donors (Lipinski definition) is 1. The highest BCUT2D eigenvalue weighted by molar-refractivity contribution is 7.91. The molecule has 10 nitrogen and oxygen atoms in total. The Hall–Kier alpha value is -3.61. The molecular formula is C21H16F8N4O6S. The summed E-state index contributed by atoms with van der Waals surface area (Å²) in [6.07, 6.45) is -12.0. The summed E-state index contributed by atoms with van der Waals surface area (Å²) in [5.74, 6) is -9.62. The van der Waals surface area contributed by atoms with Gasteiger partial charge >= 0.3 is 18.3 Å². The van der Waals surface area contributed by atoms with Crippen molar-refractivity contribution in [2.45, 2.75) is 30.0 Å². The first-order valence-corrected chi connectivity index (χ1v) is 12.9. The standard InChI is InChI=1S/C21H16F8N4O6S/c1-32-14(13(20(24,25)26)16(31-32)19(22,23)21(27,28)29)17(35)30-9-3-4-10-11(5-9)18(7-33(36)8-18)39-15(10)12(34)6-40(2,37)38/h3-5,7,15H,6,8H2,1-2H3,(H,30,35). The first-order chi connectivity index (χ1) is 18.1. The number of carbonyl (C=O) groups excluding carboxylic acids is 2. The maximum absolute atomic E-state index is 13.9. The molecule has 1 N–H and O–H groups in total. The van der Waals surface area contributed by atoms with Crippen LogP contribution in [0.25, 0.3) is 0 Å². The molecule has 0 fully saturated rings. The van der Waals surface area contributed by atoms with E-state index >= 15 is 0 Å². The van der Waals surface area contributed by atoms with E-state index in [1.165, 1.54) is 0 Å². The maximum Gasteiger partial charge on any atom is 0.459 e. The number of carbonyl (C=O) groups is 2. The van der Waals surface area contributed by atoms with E-state index < -0.39 is 74.2 Å². The van der Waals surface area contributed by atoms with Crippen LogP contribution >= 0.6 is 0 Å². The second-order valence-corrected chi connectivity index (χ2v) is 11.3. The number of rotatable bonds is 6. The lowest BCUT2D eigenvalue weighted by Gasteiger charge is -2.30. The van der Waals surface area contributed by atoms with E-state index in [4.69, 9.17) is 4.74 Å². The van der Waals surface area contributed by atoms with Crippen molar-refractivity contribution in [3.05, 3.63) is 51.5 Å². The van der Waals surface area contributed by atoms with Crippen LogP contribution in [0.15, 0.2) is 18.2 Å². The largest absolute Gasteiger partial charge is 0.624 e. The highest BCUT2D eigenvalue weighted by Crippen LogP contribution is 2.49. The number of fused-ring (bicyclic) bond motifs is 2. The van der Waals surface area contributed by atoms with Crippen LogP contribution in [-0.4, -0.2) is 65.6 Å². The minimum absolute atomic E-state index is 0.0644. The third-order valence-electron chi connectivity index (χ3n) is 6.02. The third-order valence-corrected chi connectivity index (χ3v) is 6.83. The smallest absolute Gasteiger partial charge is 0.459 e. The number of hydrogen-bond acceptors (Lipinski definition) is 7. The van der Waals surface area contributed by atoms with Crippen molar-refractivity contribution in [3.8, 4) is 0 Å². The molecule has 2 aliphatic rings. The molecule has 0 aliphatic carbocycles. The fraction of sp³-hybridized carbons (Fsp3) is 0.429. The number of halogens is 8. The molecule has 0 saturated carbocycles. The van der Waals surface area contributed by atoms with E-state index in [2.05, 4.69) is 5.10 Å². The average molecular weight is 604 g/mol. The molecule has 2 unspecified atom stereocenters. The minimum Gasteiger partial charge on any atom is -0.624 e. The van der Waals surface area contributed by atoms with Gasteiger partial charge < -0.3 is 15.3 Å². The van der Waals surface area contributed by atoms with Crippen LogP contribution in [0.3, 0.4) is 0 Å². The molecule has 2 atom stereocenters. The van der Waals surface area contributed by atoms with Crippen LogP contribution in [-0.2, 0) is 44.1 Å². The fourth-order valence-electron chi connectivity index (χ4n) is 4.40. The molecule has 2 aliphatic heterocycles. The van der Waals surface area contributed by atoms with Crippen LogP contribution in [0.4, 0.5) is 40.8 Å². The fourth-order valence-corrected chi connectivity index (χ4v) is 5.07. The topological polar surface area (TPSA) is 133 Å². The van der Waals surface area contributed by atoms with Gasteiger partial charge in [0.1, 0.15) is 23.1 Å². The van der Waals surface area contributed by atoms with E-state index in [-0.39, 0.29) is 28.0 Å². The zero-order chi connectivity index (χ0) is 30.2. The molecule has 4 rings (SSSR count). The van der Waals surface area contributed by atoms with Crippen LogP contribution in [0.5, 0.6) is 0 Å². The summed E-state index contributed by atoms with van der Waals surface area (Å²) >= 11 is 0. The van der Waals surface area contributed by atoms with E-state index in [0.29, 0.717) is 11.8 Å². The highest BCUT2D eigenvalue weighted by Gasteiger charge is 2.64. The normalized spacial score (nSPS) is 21.1. The molecule has 0 saturated heterocycles. The number of ketones is 1. The van der Waals surface area contributed by atoms with E-state index in [1.807, 2.05) is 5.32 Å². The van der Waals surface area contributed by atoms with E-state index in [1.54, 1.807) is 0 Å². The summed E-state index contributed by atoms with van der Waals surface area (Å²) in [6.45, 7) is -0.379. The Balaban J connectivity index is 1.74. The van der Waals surface area contributed by atoms with Crippen molar-refractivity contribution in [2.75, 3.05) is 23.9 Å². The number of amides is 1. The van der Waals surface area contributed by atoms with Gasteiger partial charge in [-0.2, -0.15) is 40.2 Å². The van der Waals surface area contributed by atoms with Gasteiger partial charge in [0, 0.05) is 24.6 Å². The Morgan fingerprint density at radius 3 is 2.30 bits per heavy atom. The third kappa shape index (κ3) is 4.91. The molecule has 1 amide bonds. The van der Waals surface area contributed by atoms with Gasteiger partial charge in [-0.25, -0.2) is 13.2 Å². The second kappa shape index (κ2) is 8.95. The van der Waals surface area contributed by atoms with Crippen LogP contribution < -0.4 is 5.32 Å². The lowest BCUT2D eigenvalue weighted by molar-refractivity contribution is -0.515. The number of sulfone groups is 1. The quantitative estimate of drug-likeness (QED) is 0.305. The van der Waals surface area contributed by atoms with Gasteiger partial charge in [-0.1, -0.05) is 6.07 Å². The van der Waals surface area contributed by atoms with E-state index in [0.717, 1.165) is 30.7 Å². The summed E-state index contributed by atoms with van der Waals surface area (Å²) in [7, 11) is -3.22. The number of aryl methyl sites for hydroxylation is 1. The Bertz CT molecular complexity index is 1560. The van der Waals surface area contributed by atoms with Crippen molar-refractivity contribution < 1.29 is 62.6 Å². The summed E-state index contributed by atoms with van der Waals surface area (Å²) in [5.41, 5.74) is -8.69. The molecule has 1 aromatic heterocycles. The van der Waals surface area contributed by atoms with E-state index in [9.17, 15) is 58.3 Å². The Morgan fingerprint density at radius 2 is 1.80 bits per heavy atom. The summed E-state index contributed by atoms with van der Waals surface area (Å²) in [4.78, 5) is 25.4. The Kier molecular flexibility index (Phi) is 6.57. The number of Topliss-reactive ketones (excluding diaryl/α,β-unsaturated/α-hetero) is 1. The van der Waals surface area contributed by atoms with Crippen molar-refractivity contribution in [3.63, 3.8) is 0 Å². The maximum atomic E-state index is 13.9. The van der Waals surface area contributed by atoms with Crippen molar-refractivity contribution in [2.24, 2.45) is 7.05 Å². The predicted molar refractivity (Wildman–Crippen MR) is 117 cm³/mol. The van der Waals surface area contributed by atoms with Gasteiger partial charge in [-0.05, 0) is 17.7 Å². The number of anilines is 1. The summed E-state index contributed by atoms with van der Waals surface area (Å²) < 4.78 is 137. The lowest BCUT2D eigenvalue weighted by atomic mass is 9.88. The molecule has 1 spiro atoms. The summed E-state index contributed by atoms with van der Waals surface area (Å²) in [5, 5.41) is 16.2. The predicted octanol–water partition coefficient (Wildman–Crippen LogP) is 2.82. The monoisotopic (exact) mass is 604 g/mol. The molecule has 19 heteroatoms. The molecule has 0 radical (unpaired) electrons. The molecule has 3 heterocycles.